The summed E-state index contributed by atoms with van der Waals surface area (Å²) in [5.41, 5.74) is 0. The minimum atomic E-state index is -0.906. The number of carbonyl (C=O) groups excluding carboxylic acids is 1. The topological polar surface area (TPSA) is 40.1 Å². The van der Waals surface area contributed by atoms with E-state index in [0.29, 0.717) is 5.92 Å². The Morgan fingerprint density at radius 2 is 1.67 bits per heavy atom. The van der Waals surface area contributed by atoms with E-state index in [2.05, 4.69) is 13.8 Å². The van der Waals surface area contributed by atoms with E-state index >= 15 is 0 Å². The van der Waals surface area contributed by atoms with Gasteiger partial charge in [0.2, 0.25) is 0 Å². The Bertz CT molecular complexity index is 109. The molecule has 0 saturated carbocycles. The van der Waals surface area contributed by atoms with Crippen LogP contribution in [0.5, 0.6) is 0 Å². The summed E-state index contributed by atoms with van der Waals surface area (Å²) in [6, 6.07) is 0. The molecule has 0 unspecified atom stereocenters. The number of carboxylic acid groups (broad SMARTS) is 1. The number of hydrogen-bond donors (Lipinski definition) is 0. The van der Waals surface area contributed by atoms with E-state index in [-0.39, 0.29) is 36.0 Å². The molecule has 0 atom stereocenters. The number of aliphatic carboxylic acids is 1. The molecule has 0 amide bonds. The van der Waals surface area contributed by atoms with Crippen LogP contribution in [-0.4, -0.2) is 5.97 Å². The molecule has 0 fully saturated rings. The van der Waals surface area contributed by atoms with Gasteiger partial charge in [-0.2, -0.15) is 0 Å². The number of hydrogen-bond acceptors (Lipinski definition) is 2. The predicted octanol–water partition coefficient (Wildman–Crippen LogP) is -1.65. The molecule has 0 aromatic heterocycles. The molecule has 0 aromatic rings. The first-order valence-corrected chi connectivity index (χ1v) is 4.40. The average Bonchev–Trinajstić information content (AvgIpc) is 1.87. The van der Waals surface area contributed by atoms with E-state index in [1.54, 1.807) is 0 Å². The maximum absolute atomic E-state index is 10.2. The number of carbonyl (C=O) groups is 1. The van der Waals surface area contributed by atoms with Crippen molar-refractivity contribution < 1.29 is 39.5 Å². The van der Waals surface area contributed by atoms with Crippen molar-refractivity contribution in [2.45, 2.75) is 46.0 Å². The summed E-state index contributed by atoms with van der Waals surface area (Å²) in [5.74, 6) is -0.563. The second-order valence-electron chi connectivity index (χ2n) is 3.02. The van der Waals surface area contributed by atoms with Gasteiger partial charge in [0.25, 0.3) is 0 Å². The molecule has 0 radical (unpaired) electrons. The summed E-state index contributed by atoms with van der Waals surface area (Å²) < 4.78 is 0. The maximum atomic E-state index is 10.2. The van der Waals surface area contributed by atoms with Crippen molar-refractivity contribution in [2.24, 2.45) is 5.92 Å². The Morgan fingerprint density at radius 1 is 1.25 bits per heavy atom. The molecule has 0 aromatic carbocycles. The quantitative estimate of drug-likeness (QED) is 0.459. The minimum Gasteiger partial charge on any atom is -0.550 e. The smallest absolute Gasteiger partial charge is 0.550 e. The van der Waals surface area contributed by atoms with Gasteiger partial charge < -0.3 is 9.90 Å². The van der Waals surface area contributed by atoms with Crippen LogP contribution >= 0.6 is 0 Å². The second kappa shape index (κ2) is 9.56. The van der Waals surface area contributed by atoms with Crippen LogP contribution in [0.3, 0.4) is 0 Å². The van der Waals surface area contributed by atoms with E-state index in [0.717, 1.165) is 25.7 Å². The maximum Gasteiger partial charge on any atom is 1.00 e. The van der Waals surface area contributed by atoms with Crippen LogP contribution in [0.25, 0.3) is 0 Å². The first kappa shape index (κ1) is 15.0. The van der Waals surface area contributed by atoms with E-state index in [1.165, 1.54) is 0 Å². The zero-order valence-corrected chi connectivity index (χ0v) is 10.4. The van der Waals surface area contributed by atoms with Crippen molar-refractivity contribution in [3.63, 3.8) is 0 Å². The van der Waals surface area contributed by atoms with Crippen LogP contribution in [0.2, 0.25) is 0 Å². The second-order valence-corrected chi connectivity index (χ2v) is 3.02. The van der Waals surface area contributed by atoms with Gasteiger partial charge in [0.15, 0.2) is 0 Å². The fraction of sp³-hybridized carbons (Fsp3) is 0.889. The summed E-state index contributed by atoms with van der Waals surface area (Å²) in [4.78, 5) is 10.2. The molecule has 66 valence electrons. The fourth-order valence-corrected chi connectivity index (χ4v) is 1.40. The van der Waals surface area contributed by atoms with Gasteiger partial charge in [-0.15, -0.1) is 0 Å². The molecule has 0 saturated heterocycles. The number of carboxylic acids is 1. The largest absolute Gasteiger partial charge is 1.00 e. The fourth-order valence-electron chi connectivity index (χ4n) is 1.40. The molecular formula is C9H17NaO2. The van der Waals surface area contributed by atoms with Crippen molar-refractivity contribution in [3.8, 4) is 0 Å². The van der Waals surface area contributed by atoms with Gasteiger partial charge in [0.05, 0.1) is 0 Å². The first-order valence-electron chi connectivity index (χ1n) is 4.40. The Labute approximate surface area is 97.0 Å². The number of rotatable bonds is 6. The first-order chi connectivity index (χ1) is 5.20. The van der Waals surface area contributed by atoms with Gasteiger partial charge in [0, 0.05) is 5.97 Å². The van der Waals surface area contributed by atoms with Crippen LogP contribution in [0.15, 0.2) is 0 Å². The molecule has 12 heavy (non-hydrogen) atoms. The molecule has 0 heterocycles. The zero-order chi connectivity index (χ0) is 8.69. The third-order valence-corrected chi connectivity index (χ3v) is 1.85. The monoisotopic (exact) mass is 180 g/mol. The standard InChI is InChI=1S/C9H18O2.Na/c1-3-5-8(6-4-2)7-9(10)11;/h8H,3-7H2,1-2H3,(H,10,11);/q;+1/p-1. The van der Waals surface area contributed by atoms with Crippen molar-refractivity contribution in [1.29, 1.82) is 0 Å². The van der Waals surface area contributed by atoms with E-state index in [1.807, 2.05) is 0 Å². The molecule has 0 N–H and O–H groups in total. The Morgan fingerprint density at radius 3 is 1.92 bits per heavy atom. The van der Waals surface area contributed by atoms with Crippen molar-refractivity contribution in [2.75, 3.05) is 0 Å². The van der Waals surface area contributed by atoms with Crippen molar-refractivity contribution in [1.82, 2.24) is 0 Å². The van der Waals surface area contributed by atoms with Crippen LogP contribution in [-0.2, 0) is 4.79 Å². The summed E-state index contributed by atoms with van der Waals surface area (Å²) in [6.07, 6.45) is 4.40. The molecule has 2 nitrogen and oxygen atoms in total. The minimum absolute atomic E-state index is 0. The van der Waals surface area contributed by atoms with E-state index < -0.39 is 5.97 Å². The van der Waals surface area contributed by atoms with Gasteiger partial charge in [-0.05, 0) is 12.3 Å². The SMILES string of the molecule is CCCC(CCC)CC(=O)[O-].[Na+]. The molecular weight excluding hydrogens is 163 g/mol. The van der Waals surface area contributed by atoms with Crippen molar-refractivity contribution in [3.05, 3.63) is 0 Å². The molecule has 0 aliphatic rings. The summed E-state index contributed by atoms with van der Waals surface area (Å²) in [5, 5.41) is 10.2. The van der Waals surface area contributed by atoms with Gasteiger partial charge in [-0.1, -0.05) is 39.5 Å². The zero-order valence-electron chi connectivity index (χ0n) is 8.43. The predicted molar refractivity (Wildman–Crippen MR) is 42.9 cm³/mol. The third-order valence-electron chi connectivity index (χ3n) is 1.85. The normalized spacial score (nSPS) is 9.58. The average molecular weight is 180 g/mol. The van der Waals surface area contributed by atoms with E-state index in [9.17, 15) is 9.90 Å². The van der Waals surface area contributed by atoms with Gasteiger partial charge in [-0.25, -0.2) is 0 Å². The Balaban J connectivity index is 0. The van der Waals surface area contributed by atoms with Crippen LogP contribution in [0.4, 0.5) is 0 Å². The Hall–Kier alpha value is 0.470. The molecule has 0 aliphatic heterocycles. The molecule has 0 bridgehead atoms. The Kier molecular flexibility index (Phi) is 11.9. The van der Waals surface area contributed by atoms with Crippen molar-refractivity contribution >= 4 is 5.97 Å². The molecule has 0 spiro atoms. The molecule has 0 aliphatic carbocycles. The van der Waals surface area contributed by atoms with Gasteiger partial charge in [-0.3, -0.25) is 0 Å². The summed E-state index contributed by atoms with van der Waals surface area (Å²) in [7, 11) is 0. The van der Waals surface area contributed by atoms with E-state index in [4.69, 9.17) is 0 Å². The third kappa shape index (κ3) is 8.57. The summed E-state index contributed by atoms with van der Waals surface area (Å²) >= 11 is 0. The van der Waals surface area contributed by atoms with Crippen LogP contribution in [0.1, 0.15) is 46.0 Å². The molecule has 0 rings (SSSR count). The van der Waals surface area contributed by atoms with Gasteiger partial charge in [0.1, 0.15) is 0 Å². The van der Waals surface area contributed by atoms with Crippen LogP contribution in [0, 0.1) is 5.92 Å². The summed E-state index contributed by atoms with van der Waals surface area (Å²) in [6.45, 7) is 4.16. The van der Waals surface area contributed by atoms with Gasteiger partial charge >= 0.3 is 29.6 Å². The molecule has 3 heteroatoms. The van der Waals surface area contributed by atoms with Crippen LogP contribution < -0.4 is 34.7 Å².